The van der Waals surface area contributed by atoms with Crippen molar-refractivity contribution in [2.24, 2.45) is 0 Å². The zero-order valence-corrected chi connectivity index (χ0v) is 16.0. The van der Waals surface area contributed by atoms with Crippen molar-refractivity contribution in [2.75, 3.05) is 18.1 Å². The van der Waals surface area contributed by atoms with E-state index >= 15 is 0 Å². The quantitative estimate of drug-likeness (QED) is 0.749. The Hall–Kier alpha value is -1.60. The van der Waals surface area contributed by atoms with E-state index in [4.69, 9.17) is 0 Å². The van der Waals surface area contributed by atoms with Gasteiger partial charge in [-0.1, -0.05) is 36.0 Å². The molecule has 1 fully saturated rings. The average Bonchev–Trinajstić information content (AvgIpc) is 2.95. The third kappa shape index (κ3) is 4.15. The number of fused-ring (bicyclic) bond motifs is 1. The fraction of sp³-hybridized carbons (Fsp3) is 0.444. The van der Waals surface area contributed by atoms with Crippen molar-refractivity contribution in [1.82, 2.24) is 9.88 Å². The summed E-state index contributed by atoms with van der Waals surface area (Å²) in [5.41, 5.74) is 0.904. The van der Waals surface area contributed by atoms with Crippen LogP contribution in [0, 0.1) is 0 Å². The molecule has 0 saturated carbocycles. The van der Waals surface area contributed by atoms with Crippen molar-refractivity contribution in [3.8, 4) is 0 Å². The summed E-state index contributed by atoms with van der Waals surface area (Å²) in [5, 5.41) is 1.56. The smallest absolute Gasteiger partial charge is 0.236 e. The molecule has 0 aliphatic carbocycles. The topological polar surface area (TPSA) is 67.3 Å². The molecule has 1 aliphatic heterocycles. The number of aromatic nitrogens is 1. The SMILES string of the molecule is CCN(C(=O)[C@H](C)Sc1ccc2ccccc2n1)[C@@H]1CCS(=O)(=O)C1. The fourth-order valence-corrected chi connectivity index (χ4v) is 5.82. The molecule has 2 heterocycles. The Kier molecular flexibility index (Phi) is 5.34. The lowest BCUT2D eigenvalue weighted by atomic mass is 10.2. The van der Waals surface area contributed by atoms with E-state index in [2.05, 4.69) is 4.98 Å². The molecule has 1 saturated heterocycles. The molecule has 5 nitrogen and oxygen atoms in total. The molecule has 2 aromatic rings. The van der Waals surface area contributed by atoms with Gasteiger partial charge in [0, 0.05) is 18.0 Å². The number of benzene rings is 1. The minimum atomic E-state index is -3.01. The molecule has 25 heavy (non-hydrogen) atoms. The Morgan fingerprint density at radius 1 is 1.32 bits per heavy atom. The number of para-hydroxylation sites is 1. The maximum Gasteiger partial charge on any atom is 0.236 e. The normalized spacial score (nSPS) is 20.5. The molecule has 1 aromatic heterocycles. The van der Waals surface area contributed by atoms with Crippen LogP contribution in [0.3, 0.4) is 0 Å². The molecule has 0 N–H and O–H groups in total. The van der Waals surface area contributed by atoms with Crippen LogP contribution in [-0.4, -0.2) is 53.6 Å². The molecular weight excluding hydrogens is 356 g/mol. The Bertz CT molecular complexity index is 883. The summed E-state index contributed by atoms with van der Waals surface area (Å²) in [6.07, 6.45) is 0.535. The lowest BCUT2D eigenvalue weighted by Gasteiger charge is -2.29. The van der Waals surface area contributed by atoms with Crippen molar-refractivity contribution >= 4 is 38.4 Å². The summed E-state index contributed by atoms with van der Waals surface area (Å²) < 4.78 is 23.4. The van der Waals surface area contributed by atoms with Gasteiger partial charge in [0.2, 0.25) is 5.91 Å². The molecule has 7 heteroatoms. The Morgan fingerprint density at radius 3 is 2.76 bits per heavy atom. The van der Waals surface area contributed by atoms with Gasteiger partial charge in [0.1, 0.15) is 0 Å². The van der Waals surface area contributed by atoms with Crippen molar-refractivity contribution in [2.45, 2.75) is 36.6 Å². The van der Waals surface area contributed by atoms with Gasteiger partial charge in [0.05, 0.1) is 27.3 Å². The monoisotopic (exact) mass is 378 g/mol. The number of amides is 1. The van der Waals surface area contributed by atoms with Crippen molar-refractivity contribution in [3.63, 3.8) is 0 Å². The number of thioether (sulfide) groups is 1. The summed E-state index contributed by atoms with van der Waals surface area (Å²) in [7, 11) is -3.01. The van der Waals surface area contributed by atoms with E-state index in [0.717, 1.165) is 15.9 Å². The first-order valence-electron chi connectivity index (χ1n) is 8.43. The Labute approximate surface area is 152 Å². The molecule has 0 spiro atoms. The first-order valence-corrected chi connectivity index (χ1v) is 11.1. The molecule has 0 unspecified atom stereocenters. The van der Waals surface area contributed by atoms with Gasteiger partial charge in [-0.3, -0.25) is 4.79 Å². The van der Waals surface area contributed by atoms with Gasteiger partial charge in [0.15, 0.2) is 9.84 Å². The second-order valence-corrected chi connectivity index (χ2v) is 9.87. The number of pyridine rings is 1. The van der Waals surface area contributed by atoms with Crippen LogP contribution in [0.15, 0.2) is 41.4 Å². The molecular formula is C18H22N2O3S2. The molecule has 0 radical (unpaired) electrons. The summed E-state index contributed by atoms with van der Waals surface area (Å²) in [6, 6.07) is 11.6. The highest BCUT2D eigenvalue weighted by molar-refractivity contribution is 8.00. The summed E-state index contributed by atoms with van der Waals surface area (Å²) in [4.78, 5) is 19.1. The highest BCUT2D eigenvalue weighted by Gasteiger charge is 2.35. The van der Waals surface area contributed by atoms with Gasteiger partial charge in [-0.2, -0.15) is 0 Å². The summed E-state index contributed by atoms with van der Waals surface area (Å²) >= 11 is 1.42. The summed E-state index contributed by atoms with van der Waals surface area (Å²) in [5.74, 6) is 0.234. The zero-order chi connectivity index (χ0) is 18.0. The first-order chi connectivity index (χ1) is 11.9. The van der Waals surface area contributed by atoms with Gasteiger partial charge >= 0.3 is 0 Å². The predicted molar refractivity (Wildman–Crippen MR) is 102 cm³/mol. The van der Waals surface area contributed by atoms with Crippen LogP contribution in [0.25, 0.3) is 10.9 Å². The number of hydrogen-bond donors (Lipinski definition) is 0. The lowest BCUT2D eigenvalue weighted by molar-refractivity contribution is -0.131. The molecule has 2 atom stereocenters. The zero-order valence-electron chi connectivity index (χ0n) is 14.4. The van der Waals surface area contributed by atoms with Crippen LogP contribution in [0.1, 0.15) is 20.3 Å². The van der Waals surface area contributed by atoms with Gasteiger partial charge in [0.25, 0.3) is 0 Å². The highest BCUT2D eigenvalue weighted by atomic mass is 32.2. The standard InChI is InChI=1S/C18H22N2O3S2/c1-3-20(15-10-11-25(22,23)12-15)18(21)13(2)24-17-9-8-14-6-4-5-7-16(14)19-17/h4-9,13,15H,3,10-12H2,1-2H3/t13-,15+/m0/s1. The first kappa shape index (κ1) is 18.2. The van der Waals surface area contributed by atoms with E-state index < -0.39 is 9.84 Å². The fourth-order valence-electron chi connectivity index (χ4n) is 3.19. The van der Waals surface area contributed by atoms with Crippen LogP contribution >= 0.6 is 11.8 Å². The van der Waals surface area contributed by atoms with Gasteiger partial charge in [-0.15, -0.1) is 0 Å². The summed E-state index contributed by atoms with van der Waals surface area (Å²) in [6.45, 7) is 4.28. The third-order valence-electron chi connectivity index (χ3n) is 4.49. The van der Waals surface area contributed by atoms with Gasteiger partial charge in [-0.05, 0) is 32.4 Å². The van der Waals surface area contributed by atoms with E-state index in [-0.39, 0.29) is 28.7 Å². The second-order valence-electron chi connectivity index (χ2n) is 6.28. The van der Waals surface area contributed by atoms with E-state index in [9.17, 15) is 13.2 Å². The third-order valence-corrected chi connectivity index (χ3v) is 7.27. The maximum absolute atomic E-state index is 12.8. The number of sulfone groups is 1. The lowest BCUT2D eigenvalue weighted by Crippen LogP contribution is -2.44. The number of carbonyl (C=O) groups is 1. The number of carbonyl (C=O) groups excluding carboxylic acids is 1. The Balaban J connectivity index is 1.72. The molecule has 134 valence electrons. The molecule has 1 aromatic carbocycles. The minimum absolute atomic E-state index is 0.0236. The molecule has 3 rings (SSSR count). The molecule has 1 aliphatic rings. The van der Waals surface area contributed by atoms with Gasteiger partial charge < -0.3 is 4.90 Å². The van der Waals surface area contributed by atoms with E-state index in [0.29, 0.717) is 13.0 Å². The number of rotatable bonds is 5. The van der Waals surface area contributed by atoms with E-state index in [1.807, 2.05) is 50.2 Å². The predicted octanol–water partition coefficient (Wildman–Crippen LogP) is 2.75. The van der Waals surface area contributed by atoms with Crippen molar-refractivity contribution in [1.29, 1.82) is 0 Å². The Morgan fingerprint density at radius 2 is 2.08 bits per heavy atom. The molecule has 0 bridgehead atoms. The van der Waals surface area contributed by atoms with Crippen LogP contribution in [0.5, 0.6) is 0 Å². The van der Waals surface area contributed by atoms with Crippen LogP contribution < -0.4 is 0 Å². The number of nitrogens with zero attached hydrogens (tertiary/aromatic N) is 2. The van der Waals surface area contributed by atoms with Crippen molar-refractivity contribution < 1.29 is 13.2 Å². The minimum Gasteiger partial charge on any atom is -0.338 e. The average molecular weight is 379 g/mol. The highest BCUT2D eigenvalue weighted by Crippen LogP contribution is 2.27. The van der Waals surface area contributed by atoms with Crippen molar-refractivity contribution in [3.05, 3.63) is 36.4 Å². The molecule has 1 amide bonds. The van der Waals surface area contributed by atoms with Crippen LogP contribution in [0.4, 0.5) is 0 Å². The number of hydrogen-bond acceptors (Lipinski definition) is 5. The maximum atomic E-state index is 12.8. The van der Waals surface area contributed by atoms with Crippen LogP contribution in [0.2, 0.25) is 0 Å². The van der Waals surface area contributed by atoms with Gasteiger partial charge in [-0.25, -0.2) is 13.4 Å². The van der Waals surface area contributed by atoms with E-state index in [1.54, 1.807) is 4.90 Å². The van der Waals surface area contributed by atoms with Crippen LogP contribution in [-0.2, 0) is 14.6 Å². The second kappa shape index (κ2) is 7.33. The largest absolute Gasteiger partial charge is 0.338 e. The van der Waals surface area contributed by atoms with E-state index in [1.165, 1.54) is 11.8 Å².